The zero-order chi connectivity index (χ0) is 11.8. The highest BCUT2D eigenvalue weighted by Crippen LogP contribution is 2.38. The van der Waals surface area contributed by atoms with Gasteiger partial charge in [-0.1, -0.05) is 30.3 Å². The van der Waals surface area contributed by atoms with Crippen molar-refractivity contribution in [2.75, 3.05) is 0 Å². The molecule has 17 heavy (non-hydrogen) atoms. The maximum Gasteiger partial charge on any atom is 0.249 e. The fraction of sp³-hybridized carbons (Fsp3) is 0.143. The van der Waals surface area contributed by atoms with E-state index in [1.165, 1.54) is 0 Å². The Morgan fingerprint density at radius 2 is 1.88 bits per heavy atom. The van der Waals surface area contributed by atoms with Crippen molar-refractivity contribution in [3.05, 3.63) is 59.9 Å². The summed E-state index contributed by atoms with van der Waals surface area (Å²) in [5, 5.41) is 9.17. The van der Waals surface area contributed by atoms with Crippen molar-refractivity contribution < 1.29 is 4.79 Å². The van der Waals surface area contributed by atoms with Gasteiger partial charge in [-0.2, -0.15) is 5.26 Å². The molecule has 2 heterocycles. The smallest absolute Gasteiger partial charge is 0.249 e. The lowest BCUT2D eigenvalue weighted by atomic mass is 9.87. The number of carbonyl (C=O) groups excluding carboxylic acids is 1. The highest BCUT2D eigenvalue weighted by molar-refractivity contribution is 5.89. The quantitative estimate of drug-likeness (QED) is 0.743. The third-order valence-electron chi connectivity index (χ3n) is 3.23. The van der Waals surface area contributed by atoms with E-state index in [-0.39, 0.29) is 11.8 Å². The zero-order valence-electron chi connectivity index (χ0n) is 9.08. The van der Waals surface area contributed by atoms with E-state index in [9.17, 15) is 10.1 Å². The number of hydrogen-bond acceptors (Lipinski definition) is 2. The second-order valence-corrected chi connectivity index (χ2v) is 4.14. The standard InChI is InChI=1S/C14H10N2O/c15-9-11-13(10-5-2-1-3-6-10)12-7-4-8-16(12)14(11)17/h1-8,11,13H. The third-order valence-corrected chi connectivity index (χ3v) is 3.23. The van der Waals surface area contributed by atoms with E-state index >= 15 is 0 Å². The Balaban J connectivity index is 2.17. The summed E-state index contributed by atoms with van der Waals surface area (Å²) in [5.41, 5.74) is 1.93. The minimum atomic E-state index is -0.603. The normalized spacial score (nSPS) is 22.2. The Morgan fingerprint density at radius 1 is 1.12 bits per heavy atom. The summed E-state index contributed by atoms with van der Waals surface area (Å²) < 4.78 is 1.59. The van der Waals surface area contributed by atoms with Gasteiger partial charge in [0.05, 0.1) is 6.07 Å². The van der Waals surface area contributed by atoms with Crippen LogP contribution in [0.2, 0.25) is 0 Å². The topological polar surface area (TPSA) is 45.8 Å². The van der Waals surface area contributed by atoms with Gasteiger partial charge >= 0.3 is 0 Å². The third kappa shape index (κ3) is 1.31. The first-order chi connectivity index (χ1) is 8.33. The predicted molar refractivity (Wildman–Crippen MR) is 62.4 cm³/mol. The second kappa shape index (κ2) is 3.60. The van der Waals surface area contributed by atoms with Crippen molar-refractivity contribution >= 4 is 5.91 Å². The number of hydrogen-bond donors (Lipinski definition) is 0. The van der Waals surface area contributed by atoms with Crippen LogP contribution in [0.25, 0.3) is 0 Å². The Hall–Kier alpha value is -2.34. The molecule has 0 saturated heterocycles. The van der Waals surface area contributed by atoms with E-state index in [2.05, 4.69) is 6.07 Å². The summed E-state index contributed by atoms with van der Waals surface area (Å²) in [6.45, 7) is 0. The summed E-state index contributed by atoms with van der Waals surface area (Å²) in [6, 6.07) is 15.6. The molecule has 1 aliphatic rings. The SMILES string of the molecule is N#CC1C(=O)n2cccc2C1c1ccccc1. The summed E-state index contributed by atoms with van der Waals surface area (Å²) in [5.74, 6) is -0.862. The van der Waals surface area contributed by atoms with Crippen molar-refractivity contribution in [1.82, 2.24) is 4.57 Å². The van der Waals surface area contributed by atoms with Gasteiger partial charge < -0.3 is 0 Å². The van der Waals surface area contributed by atoms with Crippen LogP contribution in [-0.2, 0) is 0 Å². The molecular formula is C14H10N2O. The first-order valence-electron chi connectivity index (χ1n) is 5.49. The molecule has 0 aliphatic carbocycles. The molecule has 2 unspecified atom stereocenters. The molecular weight excluding hydrogens is 212 g/mol. The van der Waals surface area contributed by atoms with Gasteiger partial charge in [0.25, 0.3) is 0 Å². The molecule has 1 aromatic carbocycles. The van der Waals surface area contributed by atoms with Gasteiger partial charge in [0, 0.05) is 17.8 Å². The maximum absolute atomic E-state index is 12.0. The van der Waals surface area contributed by atoms with Crippen molar-refractivity contribution in [2.24, 2.45) is 5.92 Å². The van der Waals surface area contributed by atoms with Gasteiger partial charge in [0.1, 0.15) is 5.92 Å². The molecule has 0 N–H and O–H groups in total. The van der Waals surface area contributed by atoms with Gasteiger partial charge in [-0.05, 0) is 17.7 Å². The lowest BCUT2D eigenvalue weighted by Crippen LogP contribution is -2.15. The largest absolute Gasteiger partial charge is 0.290 e. The van der Waals surface area contributed by atoms with Crippen LogP contribution >= 0.6 is 0 Å². The number of aromatic nitrogens is 1. The summed E-state index contributed by atoms with van der Waals surface area (Å²) in [4.78, 5) is 12.0. The molecule has 0 saturated carbocycles. The fourth-order valence-electron chi connectivity index (χ4n) is 2.46. The van der Waals surface area contributed by atoms with Crippen LogP contribution in [0.1, 0.15) is 22.0 Å². The van der Waals surface area contributed by atoms with Crippen LogP contribution < -0.4 is 0 Å². The van der Waals surface area contributed by atoms with E-state index in [0.29, 0.717) is 0 Å². The van der Waals surface area contributed by atoms with Gasteiger partial charge in [0.2, 0.25) is 5.91 Å². The maximum atomic E-state index is 12.0. The number of fused-ring (bicyclic) bond motifs is 1. The van der Waals surface area contributed by atoms with Gasteiger partial charge in [-0.25, -0.2) is 0 Å². The molecule has 3 heteroatoms. The van der Waals surface area contributed by atoms with E-state index in [4.69, 9.17) is 0 Å². The van der Waals surface area contributed by atoms with E-state index in [1.54, 1.807) is 10.8 Å². The molecule has 1 aliphatic heterocycles. The van der Waals surface area contributed by atoms with E-state index in [0.717, 1.165) is 11.3 Å². The molecule has 0 fully saturated rings. The van der Waals surface area contributed by atoms with Crippen molar-refractivity contribution in [1.29, 1.82) is 5.26 Å². The Morgan fingerprint density at radius 3 is 2.59 bits per heavy atom. The van der Waals surface area contributed by atoms with E-state index < -0.39 is 5.92 Å². The molecule has 0 bridgehead atoms. The zero-order valence-corrected chi connectivity index (χ0v) is 9.08. The average Bonchev–Trinajstić information content (AvgIpc) is 2.92. The number of nitriles is 1. The van der Waals surface area contributed by atoms with E-state index in [1.807, 2.05) is 42.5 Å². The van der Waals surface area contributed by atoms with Crippen LogP contribution in [0.5, 0.6) is 0 Å². The number of nitrogens with zero attached hydrogens (tertiary/aromatic N) is 2. The molecule has 3 nitrogen and oxygen atoms in total. The molecule has 2 aromatic rings. The van der Waals surface area contributed by atoms with Crippen LogP contribution in [-0.4, -0.2) is 10.5 Å². The minimum Gasteiger partial charge on any atom is -0.290 e. The van der Waals surface area contributed by atoms with Gasteiger partial charge in [0.15, 0.2) is 0 Å². The Labute approximate surface area is 98.9 Å². The number of carbonyl (C=O) groups is 1. The lowest BCUT2D eigenvalue weighted by molar-refractivity contribution is 0.0888. The molecule has 3 rings (SSSR count). The summed E-state index contributed by atoms with van der Waals surface area (Å²) in [6.07, 6.45) is 1.73. The van der Waals surface area contributed by atoms with Crippen molar-refractivity contribution in [2.45, 2.75) is 5.92 Å². The second-order valence-electron chi connectivity index (χ2n) is 4.14. The summed E-state index contributed by atoms with van der Waals surface area (Å²) in [7, 11) is 0. The van der Waals surface area contributed by atoms with Gasteiger partial charge in [-0.3, -0.25) is 9.36 Å². The van der Waals surface area contributed by atoms with Gasteiger partial charge in [-0.15, -0.1) is 0 Å². The van der Waals surface area contributed by atoms with Crippen LogP contribution in [0.3, 0.4) is 0 Å². The molecule has 2 atom stereocenters. The fourth-order valence-corrected chi connectivity index (χ4v) is 2.46. The highest BCUT2D eigenvalue weighted by Gasteiger charge is 2.40. The minimum absolute atomic E-state index is 0.124. The van der Waals surface area contributed by atoms with Crippen LogP contribution in [0.4, 0.5) is 0 Å². The first-order valence-corrected chi connectivity index (χ1v) is 5.49. The molecule has 0 radical (unpaired) electrons. The molecule has 1 aromatic heterocycles. The molecule has 0 spiro atoms. The average molecular weight is 222 g/mol. The highest BCUT2D eigenvalue weighted by atomic mass is 16.2. The van der Waals surface area contributed by atoms with Crippen molar-refractivity contribution in [3.63, 3.8) is 0 Å². The molecule has 82 valence electrons. The van der Waals surface area contributed by atoms with Crippen molar-refractivity contribution in [3.8, 4) is 6.07 Å². The Kier molecular flexibility index (Phi) is 2.09. The summed E-state index contributed by atoms with van der Waals surface area (Å²) >= 11 is 0. The number of benzene rings is 1. The predicted octanol–water partition coefficient (Wildman–Crippen LogP) is 2.41. The Bertz CT molecular complexity index is 607. The molecule has 0 amide bonds. The monoisotopic (exact) mass is 222 g/mol. The van der Waals surface area contributed by atoms with Crippen LogP contribution in [0, 0.1) is 17.2 Å². The first kappa shape index (κ1) is 9.86. The lowest BCUT2D eigenvalue weighted by Gasteiger charge is -2.11. The van der Waals surface area contributed by atoms with Crippen LogP contribution in [0.15, 0.2) is 48.7 Å². The number of rotatable bonds is 1.